The molecule has 1 amide bonds. The molecule has 21 heavy (non-hydrogen) atoms. The van der Waals surface area contributed by atoms with Crippen molar-refractivity contribution in [2.24, 2.45) is 0 Å². The number of hydrogen-bond donors (Lipinski definition) is 1. The Hall–Kier alpha value is -1.85. The molecule has 1 aromatic heterocycles. The second-order valence-electron chi connectivity index (χ2n) is 5.48. The van der Waals surface area contributed by atoms with Crippen molar-refractivity contribution in [3.63, 3.8) is 0 Å². The van der Waals surface area contributed by atoms with Gasteiger partial charge in [0.1, 0.15) is 11.7 Å². The van der Waals surface area contributed by atoms with E-state index in [0.29, 0.717) is 18.7 Å². The first-order valence-electron chi connectivity index (χ1n) is 7.67. The van der Waals surface area contributed by atoms with Crippen molar-refractivity contribution in [1.29, 1.82) is 0 Å². The number of nitrogens with zero attached hydrogens (tertiary/aromatic N) is 3. The number of carbonyl (C=O) groups excluding carboxylic acids is 1. The lowest BCUT2D eigenvalue weighted by Crippen LogP contribution is -2.48. The van der Waals surface area contributed by atoms with Gasteiger partial charge in [0.05, 0.1) is 6.04 Å². The first kappa shape index (κ1) is 15.5. The maximum absolute atomic E-state index is 12.7. The molecule has 2 rings (SSSR count). The molecular weight excluding hydrogens is 270 g/mol. The van der Waals surface area contributed by atoms with Crippen molar-refractivity contribution in [1.82, 2.24) is 14.7 Å². The van der Waals surface area contributed by atoms with Crippen LogP contribution in [0.15, 0.2) is 12.3 Å². The zero-order valence-electron chi connectivity index (χ0n) is 12.7. The standard InChI is InChI=1S/C15H23N3O3/c1-3-11(4-2)18-12(8-9-16-18)14(19)17-10-6-5-7-13(17)15(20)21/h8-9,11,13H,3-7,10H2,1-2H3,(H,20,21). The summed E-state index contributed by atoms with van der Waals surface area (Å²) in [5, 5.41) is 13.6. The molecule has 1 unspecified atom stereocenters. The summed E-state index contributed by atoms with van der Waals surface area (Å²) in [5.74, 6) is -1.14. The summed E-state index contributed by atoms with van der Waals surface area (Å²) >= 11 is 0. The van der Waals surface area contributed by atoms with Crippen molar-refractivity contribution in [3.8, 4) is 0 Å². The van der Waals surface area contributed by atoms with Crippen molar-refractivity contribution >= 4 is 11.9 Å². The summed E-state index contributed by atoms with van der Waals surface area (Å²) in [4.78, 5) is 25.6. The van der Waals surface area contributed by atoms with Gasteiger partial charge in [0, 0.05) is 12.7 Å². The second-order valence-corrected chi connectivity index (χ2v) is 5.48. The molecule has 2 heterocycles. The van der Waals surface area contributed by atoms with Crippen LogP contribution in [0, 0.1) is 0 Å². The fourth-order valence-corrected chi connectivity index (χ4v) is 2.99. The first-order valence-corrected chi connectivity index (χ1v) is 7.67. The van der Waals surface area contributed by atoms with Crippen LogP contribution >= 0.6 is 0 Å². The predicted octanol–water partition coefficient (Wildman–Crippen LogP) is 2.32. The van der Waals surface area contributed by atoms with Crippen LogP contribution in [0.5, 0.6) is 0 Å². The second kappa shape index (κ2) is 6.74. The van der Waals surface area contributed by atoms with Crippen LogP contribution in [0.25, 0.3) is 0 Å². The number of amides is 1. The molecule has 6 nitrogen and oxygen atoms in total. The molecule has 1 saturated heterocycles. The first-order chi connectivity index (χ1) is 10.1. The molecule has 6 heteroatoms. The molecule has 0 aromatic carbocycles. The molecule has 1 aromatic rings. The number of hydrogen-bond acceptors (Lipinski definition) is 3. The van der Waals surface area contributed by atoms with E-state index in [9.17, 15) is 14.7 Å². The van der Waals surface area contributed by atoms with Gasteiger partial charge in [0.2, 0.25) is 0 Å². The van der Waals surface area contributed by atoms with Crippen molar-refractivity contribution in [2.75, 3.05) is 6.54 Å². The van der Waals surface area contributed by atoms with Gasteiger partial charge in [-0.05, 0) is 38.2 Å². The van der Waals surface area contributed by atoms with Gasteiger partial charge < -0.3 is 10.0 Å². The van der Waals surface area contributed by atoms with E-state index in [1.165, 1.54) is 4.90 Å². The Balaban J connectivity index is 2.27. The number of carboxylic acid groups (broad SMARTS) is 1. The highest BCUT2D eigenvalue weighted by molar-refractivity contribution is 5.95. The van der Waals surface area contributed by atoms with Crippen molar-refractivity contribution in [3.05, 3.63) is 18.0 Å². The highest BCUT2D eigenvalue weighted by Gasteiger charge is 2.34. The van der Waals surface area contributed by atoms with Crippen LogP contribution in [0.1, 0.15) is 62.5 Å². The molecule has 0 aliphatic carbocycles. The smallest absolute Gasteiger partial charge is 0.326 e. The van der Waals surface area contributed by atoms with E-state index >= 15 is 0 Å². The Morgan fingerprint density at radius 2 is 2.10 bits per heavy atom. The topological polar surface area (TPSA) is 75.4 Å². The van der Waals surface area contributed by atoms with Crippen molar-refractivity contribution in [2.45, 2.75) is 58.0 Å². The molecule has 0 saturated carbocycles. The van der Waals surface area contributed by atoms with Crippen molar-refractivity contribution < 1.29 is 14.7 Å². The van der Waals surface area contributed by atoms with Gasteiger partial charge >= 0.3 is 5.97 Å². The summed E-state index contributed by atoms with van der Waals surface area (Å²) in [6.07, 6.45) is 5.63. The van der Waals surface area contributed by atoms with E-state index < -0.39 is 12.0 Å². The minimum absolute atomic E-state index is 0.173. The van der Waals surface area contributed by atoms with Crippen LogP contribution in [-0.4, -0.2) is 44.3 Å². The molecule has 116 valence electrons. The predicted molar refractivity (Wildman–Crippen MR) is 78.2 cm³/mol. The summed E-state index contributed by atoms with van der Waals surface area (Å²) in [7, 11) is 0. The summed E-state index contributed by atoms with van der Waals surface area (Å²) < 4.78 is 1.75. The number of carbonyl (C=O) groups is 2. The zero-order chi connectivity index (χ0) is 15.4. The maximum Gasteiger partial charge on any atom is 0.326 e. The Morgan fingerprint density at radius 1 is 1.38 bits per heavy atom. The third kappa shape index (κ3) is 3.09. The minimum atomic E-state index is -0.920. The quantitative estimate of drug-likeness (QED) is 0.904. The lowest BCUT2D eigenvalue weighted by atomic mass is 10.0. The van der Waals surface area contributed by atoms with E-state index in [2.05, 4.69) is 18.9 Å². The Kier molecular flexibility index (Phi) is 4.98. The lowest BCUT2D eigenvalue weighted by Gasteiger charge is -2.33. The van der Waals surface area contributed by atoms with Gasteiger partial charge in [0.25, 0.3) is 5.91 Å². The van der Waals surface area contributed by atoms with Gasteiger partial charge in [-0.3, -0.25) is 9.48 Å². The van der Waals surface area contributed by atoms with Crippen LogP contribution in [0.2, 0.25) is 0 Å². The van der Waals surface area contributed by atoms with Crippen LogP contribution < -0.4 is 0 Å². The molecule has 0 bridgehead atoms. The molecular formula is C15H23N3O3. The Bertz CT molecular complexity index is 508. The van der Waals surface area contributed by atoms with Gasteiger partial charge in [-0.1, -0.05) is 13.8 Å². The molecule has 1 atom stereocenters. The number of rotatable bonds is 5. The highest BCUT2D eigenvalue weighted by Crippen LogP contribution is 2.22. The van der Waals surface area contributed by atoms with Crippen LogP contribution in [0.4, 0.5) is 0 Å². The van der Waals surface area contributed by atoms with Gasteiger partial charge in [-0.15, -0.1) is 0 Å². The zero-order valence-corrected chi connectivity index (χ0v) is 12.7. The monoisotopic (exact) mass is 293 g/mol. The maximum atomic E-state index is 12.7. The van der Waals surface area contributed by atoms with E-state index in [0.717, 1.165) is 25.7 Å². The number of carboxylic acids is 1. The lowest BCUT2D eigenvalue weighted by molar-refractivity contribution is -0.143. The third-order valence-corrected chi connectivity index (χ3v) is 4.23. The van der Waals surface area contributed by atoms with Gasteiger partial charge in [0.15, 0.2) is 0 Å². The molecule has 1 aliphatic rings. The Labute approximate surface area is 124 Å². The van der Waals surface area contributed by atoms with E-state index in [-0.39, 0.29) is 11.9 Å². The number of aromatic nitrogens is 2. The Morgan fingerprint density at radius 3 is 2.71 bits per heavy atom. The number of piperidine rings is 1. The summed E-state index contributed by atoms with van der Waals surface area (Å²) in [5.41, 5.74) is 0.497. The normalized spacial score (nSPS) is 19.0. The molecule has 0 radical (unpaired) electrons. The fourth-order valence-electron chi connectivity index (χ4n) is 2.99. The van der Waals surface area contributed by atoms with Gasteiger partial charge in [-0.25, -0.2) is 4.79 Å². The molecule has 0 spiro atoms. The summed E-state index contributed by atoms with van der Waals surface area (Å²) in [6.45, 7) is 4.62. The van der Waals surface area contributed by atoms with E-state index in [1.807, 2.05) is 0 Å². The SMILES string of the molecule is CCC(CC)n1nccc1C(=O)N1CCCCC1C(=O)O. The largest absolute Gasteiger partial charge is 0.480 e. The third-order valence-electron chi connectivity index (χ3n) is 4.23. The summed E-state index contributed by atoms with van der Waals surface area (Å²) in [6, 6.07) is 1.15. The minimum Gasteiger partial charge on any atom is -0.480 e. The fraction of sp³-hybridized carbons (Fsp3) is 0.667. The average molecular weight is 293 g/mol. The molecule has 1 N–H and O–H groups in total. The van der Waals surface area contributed by atoms with Crippen LogP contribution in [-0.2, 0) is 4.79 Å². The van der Waals surface area contributed by atoms with Gasteiger partial charge in [-0.2, -0.15) is 5.10 Å². The van der Waals surface area contributed by atoms with Crippen LogP contribution in [0.3, 0.4) is 0 Å². The molecule has 1 fully saturated rings. The number of likely N-dealkylation sites (tertiary alicyclic amines) is 1. The van der Waals surface area contributed by atoms with E-state index in [4.69, 9.17) is 0 Å². The number of aliphatic carboxylic acids is 1. The highest BCUT2D eigenvalue weighted by atomic mass is 16.4. The molecule has 1 aliphatic heterocycles. The van der Waals surface area contributed by atoms with E-state index in [1.54, 1.807) is 16.9 Å². The average Bonchev–Trinajstić information content (AvgIpc) is 2.97.